The first-order chi connectivity index (χ1) is 8.63. The van der Waals surface area contributed by atoms with E-state index in [0.29, 0.717) is 12.1 Å². The molecule has 1 unspecified atom stereocenters. The lowest BCUT2D eigenvalue weighted by atomic mass is 10.0. The summed E-state index contributed by atoms with van der Waals surface area (Å²) in [4.78, 5) is 0. The van der Waals surface area contributed by atoms with Gasteiger partial charge in [-0.1, -0.05) is 12.1 Å². The molecule has 4 heteroatoms. The number of nitrogens with one attached hydrogen (secondary N) is 1. The lowest BCUT2D eigenvalue weighted by Crippen LogP contribution is -2.41. The van der Waals surface area contributed by atoms with Gasteiger partial charge in [0.25, 0.3) is 0 Å². The summed E-state index contributed by atoms with van der Waals surface area (Å²) in [6.45, 7) is 2.12. The normalized spacial score (nSPS) is 25.9. The molecule has 1 fully saturated rings. The van der Waals surface area contributed by atoms with Gasteiger partial charge in [-0.3, -0.25) is 4.21 Å². The van der Waals surface area contributed by atoms with Crippen LogP contribution < -0.4 is 5.32 Å². The van der Waals surface area contributed by atoms with Crippen molar-refractivity contribution in [1.82, 2.24) is 5.32 Å². The van der Waals surface area contributed by atoms with Crippen molar-refractivity contribution >= 4 is 10.8 Å². The molecule has 100 valence electrons. The van der Waals surface area contributed by atoms with E-state index in [4.69, 9.17) is 0 Å². The van der Waals surface area contributed by atoms with Gasteiger partial charge in [-0.2, -0.15) is 0 Å². The molecule has 0 amide bonds. The molecule has 0 radical (unpaired) electrons. The number of rotatable bonds is 4. The Labute approximate surface area is 110 Å². The molecule has 1 aliphatic heterocycles. The van der Waals surface area contributed by atoms with E-state index in [-0.39, 0.29) is 5.82 Å². The smallest absolute Gasteiger partial charge is 0.123 e. The molecule has 1 saturated heterocycles. The van der Waals surface area contributed by atoms with Crippen LogP contribution in [0.4, 0.5) is 4.39 Å². The summed E-state index contributed by atoms with van der Waals surface area (Å²) in [7, 11) is -0.606. The fourth-order valence-corrected chi connectivity index (χ4v) is 3.74. The molecule has 0 saturated carbocycles. The largest absolute Gasteiger partial charge is 0.311 e. The minimum atomic E-state index is -0.606. The van der Waals surface area contributed by atoms with Gasteiger partial charge < -0.3 is 5.32 Å². The third-order valence-electron chi connectivity index (χ3n) is 3.34. The molecule has 0 bridgehead atoms. The minimum absolute atomic E-state index is 0.173. The average Bonchev–Trinajstić information content (AvgIpc) is 2.32. The third-order valence-corrected chi connectivity index (χ3v) is 4.72. The van der Waals surface area contributed by atoms with Crippen LogP contribution in [-0.2, 0) is 17.2 Å². The maximum atomic E-state index is 13.1. The molecule has 2 nitrogen and oxygen atoms in total. The van der Waals surface area contributed by atoms with Gasteiger partial charge in [-0.25, -0.2) is 4.39 Å². The van der Waals surface area contributed by atoms with Crippen molar-refractivity contribution in [1.29, 1.82) is 0 Å². The van der Waals surface area contributed by atoms with Gasteiger partial charge in [0.05, 0.1) is 0 Å². The van der Waals surface area contributed by atoms with Crippen LogP contribution in [0.5, 0.6) is 0 Å². The van der Waals surface area contributed by atoms with Crippen molar-refractivity contribution < 1.29 is 8.60 Å². The Bertz CT molecular complexity index is 414. The summed E-state index contributed by atoms with van der Waals surface area (Å²) >= 11 is 0. The molecule has 0 aromatic heterocycles. The maximum Gasteiger partial charge on any atom is 0.123 e. The number of halogens is 1. The van der Waals surface area contributed by atoms with E-state index < -0.39 is 10.8 Å². The van der Waals surface area contributed by atoms with E-state index in [1.165, 1.54) is 6.07 Å². The Hall–Kier alpha value is -0.740. The second-order valence-electron chi connectivity index (χ2n) is 5.02. The van der Waals surface area contributed by atoms with Crippen molar-refractivity contribution in [2.75, 3.05) is 11.5 Å². The van der Waals surface area contributed by atoms with Gasteiger partial charge in [0.2, 0.25) is 0 Å². The van der Waals surface area contributed by atoms with Gasteiger partial charge in [0, 0.05) is 34.4 Å². The molecule has 1 aromatic rings. The first kappa shape index (κ1) is 13.7. The molecule has 0 spiro atoms. The topological polar surface area (TPSA) is 29.1 Å². The van der Waals surface area contributed by atoms with Crippen molar-refractivity contribution in [3.8, 4) is 0 Å². The van der Waals surface area contributed by atoms with Crippen LogP contribution in [0.25, 0.3) is 0 Å². The lowest BCUT2D eigenvalue weighted by molar-refractivity contribution is 0.417. The summed E-state index contributed by atoms with van der Waals surface area (Å²) in [5.41, 5.74) is 1.02. The second-order valence-corrected chi connectivity index (χ2v) is 6.72. The molecule has 0 aliphatic carbocycles. The highest BCUT2D eigenvalue weighted by atomic mass is 32.2. The molecule has 1 atom stereocenters. The summed E-state index contributed by atoms with van der Waals surface area (Å²) in [6.07, 6.45) is 2.80. The van der Waals surface area contributed by atoms with Crippen LogP contribution in [0, 0.1) is 5.82 Å². The molecular weight excluding hydrogens is 249 g/mol. The van der Waals surface area contributed by atoms with Crippen LogP contribution in [0.1, 0.15) is 25.3 Å². The molecule has 18 heavy (non-hydrogen) atoms. The summed E-state index contributed by atoms with van der Waals surface area (Å²) in [5.74, 6) is 1.45. The molecule has 1 aromatic carbocycles. The zero-order chi connectivity index (χ0) is 13.0. The van der Waals surface area contributed by atoms with Gasteiger partial charge >= 0.3 is 0 Å². The van der Waals surface area contributed by atoms with Crippen LogP contribution >= 0.6 is 0 Å². The van der Waals surface area contributed by atoms with E-state index >= 15 is 0 Å². The zero-order valence-corrected chi connectivity index (χ0v) is 11.5. The Balaban J connectivity index is 1.81. The minimum Gasteiger partial charge on any atom is -0.311 e. The Morgan fingerprint density at radius 2 is 2.17 bits per heavy atom. The van der Waals surface area contributed by atoms with Crippen LogP contribution in [0.15, 0.2) is 24.3 Å². The third kappa shape index (κ3) is 4.18. The fraction of sp³-hybridized carbons (Fsp3) is 0.571. The Morgan fingerprint density at radius 1 is 1.44 bits per heavy atom. The Kier molecular flexibility index (Phi) is 4.89. The Morgan fingerprint density at radius 3 is 2.83 bits per heavy atom. The average molecular weight is 269 g/mol. The fourth-order valence-electron chi connectivity index (χ4n) is 2.44. The van der Waals surface area contributed by atoms with Gasteiger partial charge in [-0.15, -0.1) is 0 Å². The van der Waals surface area contributed by atoms with E-state index in [2.05, 4.69) is 12.2 Å². The summed E-state index contributed by atoms with van der Waals surface area (Å²) in [6, 6.07) is 7.55. The van der Waals surface area contributed by atoms with Crippen LogP contribution in [0.2, 0.25) is 0 Å². The molecule has 1 aliphatic rings. The molecule has 2 rings (SSSR count). The van der Waals surface area contributed by atoms with E-state index in [1.807, 2.05) is 6.07 Å². The number of benzene rings is 1. The highest BCUT2D eigenvalue weighted by Crippen LogP contribution is 2.12. The quantitative estimate of drug-likeness (QED) is 0.908. The highest BCUT2D eigenvalue weighted by Gasteiger charge is 2.19. The van der Waals surface area contributed by atoms with E-state index in [9.17, 15) is 8.60 Å². The van der Waals surface area contributed by atoms with Gasteiger partial charge in [-0.05, 0) is 43.9 Å². The van der Waals surface area contributed by atoms with Crippen molar-refractivity contribution in [3.63, 3.8) is 0 Å². The SMILES string of the molecule is CC(Cc1cccc(F)c1)NC1CCS(=O)CC1. The molecular formula is C14H20FNOS. The van der Waals surface area contributed by atoms with Crippen LogP contribution in [0.3, 0.4) is 0 Å². The lowest BCUT2D eigenvalue weighted by Gasteiger charge is -2.26. The predicted octanol–water partition coefficient (Wildman–Crippen LogP) is 2.26. The van der Waals surface area contributed by atoms with Crippen molar-refractivity contribution in [2.45, 2.75) is 38.3 Å². The van der Waals surface area contributed by atoms with Crippen molar-refractivity contribution in [2.24, 2.45) is 0 Å². The van der Waals surface area contributed by atoms with Gasteiger partial charge in [0.15, 0.2) is 0 Å². The van der Waals surface area contributed by atoms with Crippen molar-refractivity contribution in [3.05, 3.63) is 35.6 Å². The standard InChI is InChI=1S/C14H20FNOS/c1-11(9-12-3-2-4-13(15)10-12)16-14-5-7-18(17)8-6-14/h2-4,10-11,14,16H,5-9H2,1H3. The first-order valence-electron chi connectivity index (χ1n) is 6.49. The number of hydrogen-bond acceptors (Lipinski definition) is 2. The summed E-state index contributed by atoms with van der Waals surface area (Å²) < 4.78 is 24.3. The predicted molar refractivity (Wildman–Crippen MR) is 73.6 cm³/mol. The summed E-state index contributed by atoms with van der Waals surface area (Å²) in [5, 5.41) is 3.55. The van der Waals surface area contributed by atoms with E-state index in [1.54, 1.807) is 12.1 Å². The van der Waals surface area contributed by atoms with E-state index in [0.717, 1.165) is 36.3 Å². The van der Waals surface area contributed by atoms with Crippen LogP contribution in [-0.4, -0.2) is 27.8 Å². The zero-order valence-electron chi connectivity index (χ0n) is 10.7. The monoisotopic (exact) mass is 269 g/mol. The second kappa shape index (κ2) is 6.43. The molecule has 1 N–H and O–H groups in total. The maximum absolute atomic E-state index is 13.1. The first-order valence-corrected chi connectivity index (χ1v) is 7.98. The molecule has 1 heterocycles. The number of hydrogen-bond donors (Lipinski definition) is 1. The van der Waals surface area contributed by atoms with Gasteiger partial charge in [0.1, 0.15) is 5.82 Å². The highest BCUT2D eigenvalue weighted by molar-refractivity contribution is 7.85.